The Morgan fingerprint density at radius 2 is 2.26 bits per heavy atom. The molecular formula is C14H17BrFN3. The van der Waals surface area contributed by atoms with Gasteiger partial charge in [0.05, 0.1) is 0 Å². The van der Waals surface area contributed by atoms with Crippen molar-refractivity contribution in [2.45, 2.75) is 25.9 Å². The van der Waals surface area contributed by atoms with Crippen molar-refractivity contribution in [3.8, 4) is 0 Å². The maximum absolute atomic E-state index is 13.9. The quantitative estimate of drug-likeness (QED) is 0.914. The molecule has 0 spiro atoms. The van der Waals surface area contributed by atoms with Crippen molar-refractivity contribution in [2.24, 2.45) is 0 Å². The number of likely N-dealkylation sites (N-methyl/N-ethyl adjacent to an activating group) is 1. The van der Waals surface area contributed by atoms with E-state index in [0.29, 0.717) is 12.0 Å². The fourth-order valence-corrected chi connectivity index (χ4v) is 2.53. The molecule has 2 aromatic rings. The number of nitrogens with zero attached hydrogens (tertiary/aromatic N) is 2. The number of benzene rings is 1. The summed E-state index contributed by atoms with van der Waals surface area (Å²) in [6, 6.07) is 4.91. The molecule has 19 heavy (non-hydrogen) atoms. The first kappa shape index (κ1) is 14.2. The van der Waals surface area contributed by atoms with Gasteiger partial charge in [0.1, 0.15) is 11.6 Å². The Balaban J connectivity index is 2.27. The third-order valence-electron chi connectivity index (χ3n) is 3.21. The molecule has 0 aliphatic heterocycles. The number of imidazole rings is 1. The molecule has 2 rings (SSSR count). The van der Waals surface area contributed by atoms with Crippen LogP contribution < -0.4 is 5.32 Å². The molecule has 102 valence electrons. The van der Waals surface area contributed by atoms with Crippen molar-refractivity contribution in [3.63, 3.8) is 0 Å². The van der Waals surface area contributed by atoms with E-state index < -0.39 is 0 Å². The topological polar surface area (TPSA) is 29.9 Å². The Morgan fingerprint density at radius 1 is 1.47 bits per heavy atom. The summed E-state index contributed by atoms with van der Waals surface area (Å²) in [5.41, 5.74) is 0.655. The Kier molecular flexibility index (Phi) is 4.71. The van der Waals surface area contributed by atoms with Crippen LogP contribution in [0.5, 0.6) is 0 Å². The minimum atomic E-state index is -0.197. The predicted octanol–water partition coefficient (Wildman–Crippen LogP) is 3.31. The first-order chi connectivity index (χ1) is 9.15. The number of aryl methyl sites for hydroxylation is 1. The van der Waals surface area contributed by atoms with Crippen molar-refractivity contribution >= 4 is 15.9 Å². The molecule has 0 amide bonds. The highest BCUT2D eigenvalue weighted by atomic mass is 79.9. The van der Waals surface area contributed by atoms with Gasteiger partial charge < -0.3 is 9.88 Å². The van der Waals surface area contributed by atoms with E-state index in [9.17, 15) is 4.39 Å². The van der Waals surface area contributed by atoms with E-state index in [1.165, 1.54) is 6.07 Å². The van der Waals surface area contributed by atoms with Crippen LogP contribution in [0.25, 0.3) is 0 Å². The summed E-state index contributed by atoms with van der Waals surface area (Å²) in [4.78, 5) is 4.34. The summed E-state index contributed by atoms with van der Waals surface area (Å²) in [6.07, 6.45) is 4.38. The van der Waals surface area contributed by atoms with Crippen molar-refractivity contribution in [3.05, 3.63) is 52.3 Å². The third kappa shape index (κ3) is 3.22. The van der Waals surface area contributed by atoms with Crippen LogP contribution in [-0.4, -0.2) is 16.6 Å². The zero-order valence-corrected chi connectivity index (χ0v) is 12.6. The fraction of sp³-hybridized carbons (Fsp3) is 0.357. The smallest absolute Gasteiger partial charge is 0.128 e. The van der Waals surface area contributed by atoms with Crippen LogP contribution in [-0.2, 0) is 13.0 Å². The van der Waals surface area contributed by atoms with Gasteiger partial charge in [-0.3, -0.25) is 0 Å². The monoisotopic (exact) mass is 325 g/mol. The molecule has 0 aliphatic carbocycles. The molecule has 1 aromatic carbocycles. The number of aromatic nitrogens is 2. The maximum atomic E-state index is 13.9. The predicted molar refractivity (Wildman–Crippen MR) is 77.5 cm³/mol. The summed E-state index contributed by atoms with van der Waals surface area (Å²) in [5.74, 6) is 0.762. The molecule has 1 atom stereocenters. The number of rotatable bonds is 5. The molecule has 0 saturated heterocycles. The van der Waals surface area contributed by atoms with Crippen LogP contribution in [0, 0.1) is 5.82 Å². The minimum absolute atomic E-state index is 0.0924. The SMILES string of the molecule is CCn1ccnc1CC(NC)c1cc(Br)ccc1F. The van der Waals surface area contributed by atoms with E-state index in [4.69, 9.17) is 0 Å². The van der Waals surface area contributed by atoms with E-state index in [1.807, 2.05) is 19.3 Å². The lowest BCUT2D eigenvalue weighted by atomic mass is 10.0. The standard InChI is InChI=1S/C14H17BrFN3/c1-3-19-7-6-18-14(19)9-13(17-2)11-8-10(15)4-5-12(11)16/h4-8,13,17H,3,9H2,1-2H3. The second-order valence-corrected chi connectivity index (χ2v) is 5.26. The molecule has 0 radical (unpaired) electrons. The summed E-state index contributed by atoms with van der Waals surface area (Å²) in [5, 5.41) is 3.16. The molecule has 1 N–H and O–H groups in total. The van der Waals surface area contributed by atoms with Crippen LogP contribution in [0.2, 0.25) is 0 Å². The Hall–Kier alpha value is -1.20. The minimum Gasteiger partial charge on any atom is -0.335 e. The fourth-order valence-electron chi connectivity index (χ4n) is 2.15. The average Bonchev–Trinajstić information content (AvgIpc) is 2.86. The molecule has 0 saturated carbocycles. The second-order valence-electron chi connectivity index (χ2n) is 4.34. The van der Waals surface area contributed by atoms with E-state index in [0.717, 1.165) is 16.8 Å². The van der Waals surface area contributed by atoms with Crippen molar-refractivity contribution in [1.29, 1.82) is 0 Å². The highest BCUT2D eigenvalue weighted by Crippen LogP contribution is 2.24. The molecule has 0 fully saturated rings. The zero-order valence-electron chi connectivity index (χ0n) is 11.0. The average molecular weight is 326 g/mol. The van der Waals surface area contributed by atoms with E-state index >= 15 is 0 Å². The van der Waals surface area contributed by atoms with Gasteiger partial charge in [0.2, 0.25) is 0 Å². The zero-order chi connectivity index (χ0) is 13.8. The van der Waals surface area contributed by atoms with Gasteiger partial charge in [0.15, 0.2) is 0 Å². The van der Waals surface area contributed by atoms with E-state index in [2.05, 4.69) is 37.7 Å². The molecule has 0 aliphatic rings. The van der Waals surface area contributed by atoms with Crippen LogP contribution >= 0.6 is 15.9 Å². The Morgan fingerprint density at radius 3 is 2.95 bits per heavy atom. The molecule has 1 unspecified atom stereocenters. The Labute approximate surface area is 121 Å². The number of nitrogens with one attached hydrogen (secondary N) is 1. The van der Waals surface area contributed by atoms with Gasteiger partial charge in [0, 0.05) is 41.4 Å². The van der Waals surface area contributed by atoms with Gasteiger partial charge in [-0.2, -0.15) is 0 Å². The summed E-state index contributed by atoms with van der Waals surface area (Å²) in [6.45, 7) is 2.94. The lowest BCUT2D eigenvalue weighted by Gasteiger charge is -2.18. The molecular weight excluding hydrogens is 309 g/mol. The van der Waals surface area contributed by atoms with Crippen molar-refractivity contribution < 1.29 is 4.39 Å². The highest BCUT2D eigenvalue weighted by molar-refractivity contribution is 9.10. The van der Waals surface area contributed by atoms with Gasteiger partial charge >= 0.3 is 0 Å². The lowest BCUT2D eigenvalue weighted by molar-refractivity contribution is 0.514. The summed E-state index contributed by atoms with van der Waals surface area (Å²) < 4.78 is 16.9. The van der Waals surface area contributed by atoms with Crippen molar-refractivity contribution in [1.82, 2.24) is 14.9 Å². The van der Waals surface area contributed by atoms with Crippen LogP contribution in [0.4, 0.5) is 4.39 Å². The lowest BCUT2D eigenvalue weighted by Crippen LogP contribution is -2.22. The summed E-state index contributed by atoms with van der Waals surface area (Å²) >= 11 is 3.38. The number of hydrogen-bond donors (Lipinski definition) is 1. The van der Waals surface area contributed by atoms with Gasteiger partial charge in [-0.25, -0.2) is 9.37 Å². The van der Waals surface area contributed by atoms with E-state index in [1.54, 1.807) is 12.3 Å². The van der Waals surface area contributed by atoms with Crippen LogP contribution in [0.15, 0.2) is 35.1 Å². The molecule has 1 heterocycles. The second kappa shape index (κ2) is 6.30. The van der Waals surface area contributed by atoms with Crippen molar-refractivity contribution in [2.75, 3.05) is 7.05 Å². The highest BCUT2D eigenvalue weighted by Gasteiger charge is 2.17. The molecule has 0 bridgehead atoms. The van der Waals surface area contributed by atoms with Crippen LogP contribution in [0.3, 0.4) is 0 Å². The van der Waals surface area contributed by atoms with Crippen LogP contribution in [0.1, 0.15) is 24.4 Å². The maximum Gasteiger partial charge on any atom is 0.128 e. The molecule has 5 heteroatoms. The van der Waals surface area contributed by atoms with Gasteiger partial charge in [0.25, 0.3) is 0 Å². The third-order valence-corrected chi connectivity index (χ3v) is 3.70. The van der Waals surface area contributed by atoms with Gasteiger partial charge in [-0.05, 0) is 32.2 Å². The molecule has 1 aromatic heterocycles. The first-order valence-corrected chi connectivity index (χ1v) is 7.07. The number of halogens is 2. The number of hydrogen-bond acceptors (Lipinski definition) is 2. The van der Waals surface area contributed by atoms with Gasteiger partial charge in [-0.15, -0.1) is 0 Å². The first-order valence-electron chi connectivity index (χ1n) is 6.28. The summed E-state index contributed by atoms with van der Waals surface area (Å²) in [7, 11) is 1.84. The normalized spacial score (nSPS) is 12.6. The van der Waals surface area contributed by atoms with E-state index in [-0.39, 0.29) is 11.9 Å². The Bertz CT molecular complexity index is 553. The molecule has 3 nitrogen and oxygen atoms in total. The largest absolute Gasteiger partial charge is 0.335 e. The van der Waals surface area contributed by atoms with Gasteiger partial charge in [-0.1, -0.05) is 15.9 Å².